The molecule has 0 atom stereocenters. The second kappa shape index (κ2) is 5.87. The Morgan fingerprint density at radius 3 is 2.05 bits per heavy atom. The molecule has 2 aromatic carbocycles. The van der Waals surface area contributed by atoms with Crippen LogP contribution in [0.5, 0.6) is 5.75 Å². The quantitative estimate of drug-likeness (QED) is 0.637. The topological polar surface area (TPSA) is 60.4 Å². The molecule has 2 aromatic rings. The first-order valence-electron chi connectivity index (χ1n) is 6.10. The summed E-state index contributed by atoms with van der Waals surface area (Å²) in [4.78, 5) is 10.8. The summed E-state index contributed by atoms with van der Waals surface area (Å²) < 4.78 is 29.7. The summed E-state index contributed by atoms with van der Waals surface area (Å²) in [7, 11) is -3.94. The lowest BCUT2D eigenvalue weighted by molar-refractivity contribution is 0.112. The van der Waals surface area contributed by atoms with Crippen molar-refractivity contribution in [1.82, 2.24) is 0 Å². The molecule has 0 radical (unpaired) electrons. The summed E-state index contributed by atoms with van der Waals surface area (Å²) in [5.41, 5.74) is 1.63. The number of carbonyl (C=O) groups excluding carboxylic acids is 1. The molecule has 0 aliphatic carbocycles. The van der Waals surface area contributed by atoms with Crippen molar-refractivity contribution in [3.05, 3.63) is 58.1 Å². The van der Waals surface area contributed by atoms with Crippen molar-refractivity contribution >= 4 is 28.0 Å². The fourth-order valence-corrected chi connectivity index (χ4v) is 3.12. The van der Waals surface area contributed by atoms with Crippen LogP contribution >= 0.6 is 11.6 Å². The molecule has 0 bridgehead atoms. The number of benzene rings is 2. The zero-order valence-corrected chi connectivity index (χ0v) is 13.0. The van der Waals surface area contributed by atoms with E-state index >= 15 is 0 Å². The van der Waals surface area contributed by atoms with Gasteiger partial charge in [-0.1, -0.05) is 11.6 Å². The number of aryl methyl sites for hydroxylation is 2. The molecule has 0 aromatic heterocycles. The first kappa shape index (κ1) is 15.5. The van der Waals surface area contributed by atoms with Gasteiger partial charge in [-0.2, -0.15) is 8.42 Å². The van der Waals surface area contributed by atoms with Gasteiger partial charge in [-0.05, 0) is 61.4 Å². The van der Waals surface area contributed by atoms with Crippen molar-refractivity contribution in [2.24, 2.45) is 0 Å². The lowest BCUT2D eigenvalue weighted by Crippen LogP contribution is -2.11. The molecule has 0 spiro atoms. The molecule has 4 nitrogen and oxygen atoms in total. The van der Waals surface area contributed by atoms with Gasteiger partial charge in [-0.25, -0.2) is 0 Å². The van der Waals surface area contributed by atoms with Gasteiger partial charge in [-0.15, -0.1) is 0 Å². The highest BCUT2D eigenvalue weighted by molar-refractivity contribution is 7.87. The third kappa shape index (κ3) is 3.43. The fraction of sp³-hybridized carbons (Fsp3) is 0.133. The van der Waals surface area contributed by atoms with Crippen LogP contribution in [0, 0.1) is 13.8 Å². The third-order valence-corrected chi connectivity index (χ3v) is 4.40. The maximum atomic E-state index is 12.2. The van der Waals surface area contributed by atoms with Gasteiger partial charge in [0.05, 0.1) is 0 Å². The highest BCUT2D eigenvalue weighted by Gasteiger charge is 2.19. The van der Waals surface area contributed by atoms with Gasteiger partial charge in [0.2, 0.25) is 0 Å². The predicted molar refractivity (Wildman–Crippen MR) is 80.6 cm³/mol. The minimum absolute atomic E-state index is 0.0187. The van der Waals surface area contributed by atoms with Crippen LogP contribution < -0.4 is 4.18 Å². The molecular weight excluding hydrogens is 312 g/mol. The van der Waals surface area contributed by atoms with E-state index in [4.69, 9.17) is 15.8 Å². The van der Waals surface area contributed by atoms with Crippen LogP contribution in [-0.2, 0) is 10.1 Å². The van der Waals surface area contributed by atoms with Crippen molar-refractivity contribution in [3.63, 3.8) is 0 Å². The lowest BCUT2D eigenvalue weighted by Gasteiger charge is -2.12. The van der Waals surface area contributed by atoms with E-state index in [1.807, 2.05) is 0 Å². The summed E-state index contributed by atoms with van der Waals surface area (Å²) in [5, 5.41) is 0.441. The molecule has 0 aliphatic rings. The summed E-state index contributed by atoms with van der Waals surface area (Å²) in [6.07, 6.45) is 0.706. The SMILES string of the molecule is Cc1cc(C=O)cc(C)c1OS(=O)(=O)c1ccc(Cl)cc1. The number of rotatable bonds is 4. The van der Waals surface area contributed by atoms with E-state index in [0.717, 1.165) is 0 Å². The Kier molecular flexibility index (Phi) is 4.34. The third-order valence-electron chi connectivity index (χ3n) is 2.91. The van der Waals surface area contributed by atoms with Gasteiger partial charge >= 0.3 is 10.1 Å². The zero-order chi connectivity index (χ0) is 15.6. The molecule has 0 N–H and O–H groups in total. The molecule has 0 heterocycles. The largest absolute Gasteiger partial charge is 0.378 e. The Labute approximate surface area is 128 Å². The summed E-state index contributed by atoms with van der Waals surface area (Å²) in [5.74, 6) is 0.232. The summed E-state index contributed by atoms with van der Waals surface area (Å²) in [6, 6.07) is 8.86. The molecule has 0 fully saturated rings. The van der Waals surface area contributed by atoms with Gasteiger partial charge in [0.1, 0.15) is 16.9 Å². The molecule has 0 saturated heterocycles. The van der Waals surface area contributed by atoms with E-state index in [-0.39, 0.29) is 10.6 Å². The predicted octanol–water partition coefficient (Wildman–Crippen LogP) is 3.54. The number of hydrogen-bond donors (Lipinski definition) is 0. The first-order chi connectivity index (χ1) is 9.83. The van der Waals surface area contributed by atoms with Gasteiger partial charge < -0.3 is 4.18 Å². The average Bonchev–Trinajstić information content (AvgIpc) is 2.43. The van der Waals surface area contributed by atoms with E-state index in [1.165, 1.54) is 24.3 Å². The van der Waals surface area contributed by atoms with Crippen molar-refractivity contribution in [3.8, 4) is 5.75 Å². The average molecular weight is 325 g/mol. The highest BCUT2D eigenvalue weighted by atomic mass is 35.5. The number of hydrogen-bond acceptors (Lipinski definition) is 4. The van der Waals surface area contributed by atoms with E-state index in [9.17, 15) is 13.2 Å². The van der Waals surface area contributed by atoms with E-state index in [2.05, 4.69) is 0 Å². The molecule has 2 rings (SSSR count). The fourth-order valence-electron chi connectivity index (χ4n) is 1.94. The second-order valence-electron chi connectivity index (χ2n) is 4.59. The van der Waals surface area contributed by atoms with E-state index in [1.54, 1.807) is 26.0 Å². The Morgan fingerprint density at radius 1 is 1.05 bits per heavy atom. The molecule has 21 heavy (non-hydrogen) atoms. The molecule has 0 saturated carbocycles. The number of carbonyl (C=O) groups is 1. The van der Waals surface area contributed by atoms with Crippen molar-refractivity contribution in [1.29, 1.82) is 0 Å². The summed E-state index contributed by atoms with van der Waals surface area (Å²) in [6.45, 7) is 3.37. The Morgan fingerprint density at radius 2 is 1.57 bits per heavy atom. The monoisotopic (exact) mass is 324 g/mol. The molecule has 110 valence electrons. The Hall–Kier alpha value is -1.85. The van der Waals surface area contributed by atoms with Crippen LogP contribution in [0.25, 0.3) is 0 Å². The van der Waals surface area contributed by atoms with Crippen LogP contribution in [0.3, 0.4) is 0 Å². The molecule has 0 amide bonds. The minimum atomic E-state index is -3.94. The van der Waals surface area contributed by atoms with Crippen molar-refractivity contribution in [2.45, 2.75) is 18.7 Å². The van der Waals surface area contributed by atoms with Gasteiger partial charge in [0.15, 0.2) is 0 Å². The van der Waals surface area contributed by atoms with Crippen LogP contribution in [0.2, 0.25) is 5.02 Å². The summed E-state index contributed by atoms with van der Waals surface area (Å²) >= 11 is 5.74. The zero-order valence-electron chi connectivity index (χ0n) is 11.5. The Balaban J connectivity index is 2.41. The minimum Gasteiger partial charge on any atom is -0.378 e. The molecule has 0 aliphatic heterocycles. The maximum absolute atomic E-state index is 12.2. The molecular formula is C15H13ClO4S. The van der Waals surface area contributed by atoms with Gasteiger partial charge in [0.25, 0.3) is 0 Å². The van der Waals surface area contributed by atoms with E-state index in [0.29, 0.717) is 28.0 Å². The second-order valence-corrected chi connectivity index (χ2v) is 6.58. The van der Waals surface area contributed by atoms with Crippen LogP contribution in [0.15, 0.2) is 41.3 Å². The van der Waals surface area contributed by atoms with Crippen molar-refractivity contribution < 1.29 is 17.4 Å². The maximum Gasteiger partial charge on any atom is 0.339 e. The highest BCUT2D eigenvalue weighted by Crippen LogP contribution is 2.28. The lowest BCUT2D eigenvalue weighted by atomic mass is 10.1. The molecule has 0 unspecified atom stereocenters. The number of aldehydes is 1. The van der Waals surface area contributed by atoms with Gasteiger partial charge in [0, 0.05) is 10.6 Å². The number of halogens is 1. The molecule has 6 heteroatoms. The van der Waals surface area contributed by atoms with Crippen molar-refractivity contribution in [2.75, 3.05) is 0 Å². The normalized spacial score (nSPS) is 11.2. The standard InChI is InChI=1S/C15H13ClO4S/c1-10-7-12(9-17)8-11(2)15(10)20-21(18,19)14-5-3-13(16)4-6-14/h3-9H,1-2H3. The van der Waals surface area contributed by atoms with Crippen LogP contribution in [-0.4, -0.2) is 14.7 Å². The first-order valence-corrected chi connectivity index (χ1v) is 7.88. The van der Waals surface area contributed by atoms with Gasteiger partial charge in [-0.3, -0.25) is 4.79 Å². The van der Waals surface area contributed by atoms with Crippen LogP contribution in [0.1, 0.15) is 21.5 Å². The van der Waals surface area contributed by atoms with Crippen LogP contribution in [0.4, 0.5) is 0 Å². The smallest absolute Gasteiger partial charge is 0.339 e. The Bertz CT molecular complexity index is 757. The van der Waals surface area contributed by atoms with E-state index < -0.39 is 10.1 Å².